The Labute approximate surface area is 98.0 Å². The Balaban J connectivity index is 2.36. The third-order valence-corrected chi connectivity index (χ3v) is 3.95. The summed E-state index contributed by atoms with van der Waals surface area (Å²) in [5, 5.41) is 3.83. The van der Waals surface area contributed by atoms with Gasteiger partial charge in [-0.15, -0.1) is 0 Å². The molecule has 82 valence electrons. The number of benzene rings is 2. The van der Waals surface area contributed by atoms with E-state index in [1.165, 1.54) is 16.0 Å². The van der Waals surface area contributed by atoms with Crippen LogP contribution in [0.1, 0.15) is 0 Å². The number of ether oxygens (including phenoxy) is 2. The van der Waals surface area contributed by atoms with Gasteiger partial charge in [-0.05, 0) is 10.8 Å². The molecule has 3 heteroatoms. The summed E-state index contributed by atoms with van der Waals surface area (Å²) in [6, 6.07) is 14.7. The highest BCUT2D eigenvalue weighted by atomic mass is 28.2. The van der Waals surface area contributed by atoms with Crippen molar-refractivity contribution in [3.05, 3.63) is 42.5 Å². The molecule has 0 saturated carbocycles. The highest BCUT2D eigenvalue weighted by Crippen LogP contribution is 2.10. The zero-order valence-corrected chi connectivity index (χ0v) is 10.4. The highest BCUT2D eigenvalue weighted by molar-refractivity contribution is 6.57. The Morgan fingerprint density at radius 2 is 1.62 bits per heavy atom. The molecule has 0 heterocycles. The minimum absolute atomic E-state index is 0.147. The standard InChI is InChI=1S/C13H14O2Si/c1-14-13(15-2)16-12-9-5-7-10-6-3-4-8-11(10)12/h3-9,13H,1-2H3. The monoisotopic (exact) mass is 230 g/mol. The van der Waals surface area contributed by atoms with E-state index in [1.807, 2.05) is 0 Å². The van der Waals surface area contributed by atoms with Crippen molar-refractivity contribution in [2.24, 2.45) is 0 Å². The van der Waals surface area contributed by atoms with Gasteiger partial charge in [-0.2, -0.15) is 0 Å². The molecule has 0 aliphatic rings. The lowest BCUT2D eigenvalue weighted by Gasteiger charge is -2.13. The molecule has 0 bridgehead atoms. The van der Waals surface area contributed by atoms with Crippen molar-refractivity contribution in [1.29, 1.82) is 0 Å². The third kappa shape index (κ3) is 2.32. The van der Waals surface area contributed by atoms with Crippen molar-refractivity contribution in [3.8, 4) is 0 Å². The first-order valence-electron chi connectivity index (χ1n) is 5.15. The second-order valence-corrected chi connectivity index (χ2v) is 4.77. The normalized spacial score (nSPS) is 11.2. The molecule has 0 aromatic heterocycles. The largest absolute Gasteiger partial charge is 0.360 e. The van der Waals surface area contributed by atoms with Crippen LogP contribution >= 0.6 is 0 Å². The maximum Gasteiger partial charge on any atom is 0.157 e. The van der Waals surface area contributed by atoms with Crippen molar-refractivity contribution in [3.63, 3.8) is 0 Å². The first kappa shape index (κ1) is 11.3. The highest BCUT2D eigenvalue weighted by Gasteiger charge is 2.10. The van der Waals surface area contributed by atoms with Crippen LogP contribution < -0.4 is 5.19 Å². The smallest absolute Gasteiger partial charge is 0.157 e. The molecule has 0 amide bonds. The van der Waals surface area contributed by atoms with Crippen LogP contribution in [0.25, 0.3) is 10.8 Å². The second kappa shape index (κ2) is 5.25. The van der Waals surface area contributed by atoms with E-state index in [1.54, 1.807) is 14.2 Å². The van der Waals surface area contributed by atoms with Gasteiger partial charge in [0.1, 0.15) is 5.91 Å². The van der Waals surface area contributed by atoms with E-state index in [0.717, 1.165) is 0 Å². The predicted octanol–water partition coefficient (Wildman–Crippen LogP) is 1.75. The molecule has 0 atom stereocenters. The fourth-order valence-corrected chi connectivity index (χ4v) is 2.76. The average molecular weight is 230 g/mol. The minimum Gasteiger partial charge on any atom is -0.360 e. The lowest BCUT2D eigenvalue weighted by atomic mass is 10.1. The topological polar surface area (TPSA) is 18.5 Å². The van der Waals surface area contributed by atoms with Crippen LogP contribution in [0.5, 0.6) is 0 Å². The van der Waals surface area contributed by atoms with Crippen LogP contribution in [-0.4, -0.2) is 29.7 Å². The average Bonchev–Trinajstić information content (AvgIpc) is 2.36. The van der Waals surface area contributed by atoms with E-state index in [0.29, 0.717) is 9.52 Å². The Morgan fingerprint density at radius 3 is 2.38 bits per heavy atom. The van der Waals surface area contributed by atoms with Crippen molar-refractivity contribution in [1.82, 2.24) is 0 Å². The van der Waals surface area contributed by atoms with Crippen molar-refractivity contribution < 1.29 is 9.47 Å². The summed E-state index contributed by atoms with van der Waals surface area (Å²) in [4.78, 5) is 0. The van der Waals surface area contributed by atoms with Gasteiger partial charge in [0.25, 0.3) is 0 Å². The van der Waals surface area contributed by atoms with Crippen molar-refractivity contribution >= 4 is 25.5 Å². The molecule has 0 fully saturated rings. The summed E-state index contributed by atoms with van der Waals surface area (Å²) in [6.07, 6.45) is 0. The van der Waals surface area contributed by atoms with Gasteiger partial charge in [-0.25, -0.2) is 0 Å². The van der Waals surface area contributed by atoms with Crippen LogP contribution in [0.3, 0.4) is 0 Å². The molecule has 2 aromatic rings. The molecular formula is C13H14O2Si. The van der Waals surface area contributed by atoms with E-state index in [4.69, 9.17) is 9.47 Å². The second-order valence-electron chi connectivity index (χ2n) is 3.47. The van der Waals surface area contributed by atoms with Crippen LogP contribution in [0.2, 0.25) is 0 Å². The zero-order chi connectivity index (χ0) is 11.4. The summed E-state index contributed by atoms with van der Waals surface area (Å²) in [5.41, 5.74) is 0. The minimum atomic E-state index is -0.147. The summed E-state index contributed by atoms with van der Waals surface area (Å²) >= 11 is 0. The van der Waals surface area contributed by atoms with Gasteiger partial charge in [-0.3, -0.25) is 0 Å². The molecule has 0 aliphatic carbocycles. The lowest BCUT2D eigenvalue weighted by molar-refractivity contribution is -0.0429. The predicted molar refractivity (Wildman–Crippen MR) is 67.1 cm³/mol. The Kier molecular flexibility index (Phi) is 3.72. The fourth-order valence-electron chi connectivity index (χ4n) is 1.69. The van der Waals surface area contributed by atoms with E-state index >= 15 is 0 Å². The summed E-state index contributed by atoms with van der Waals surface area (Å²) in [5.74, 6) is -0.147. The molecule has 2 rings (SSSR count). The van der Waals surface area contributed by atoms with Crippen LogP contribution in [0.15, 0.2) is 42.5 Å². The van der Waals surface area contributed by atoms with Crippen molar-refractivity contribution in [2.45, 2.75) is 5.91 Å². The molecule has 0 N–H and O–H groups in total. The maximum atomic E-state index is 5.24. The van der Waals surface area contributed by atoms with Gasteiger partial charge < -0.3 is 9.47 Å². The van der Waals surface area contributed by atoms with E-state index in [2.05, 4.69) is 42.5 Å². The van der Waals surface area contributed by atoms with E-state index < -0.39 is 0 Å². The molecule has 0 unspecified atom stereocenters. The number of fused-ring (bicyclic) bond motifs is 1. The summed E-state index contributed by atoms with van der Waals surface area (Å²) in [6.45, 7) is 0. The molecule has 2 nitrogen and oxygen atoms in total. The summed E-state index contributed by atoms with van der Waals surface area (Å²) < 4.78 is 10.5. The van der Waals surface area contributed by atoms with Crippen LogP contribution in [0, 0.1) is 0 Å². The molecule has 0 saturated heterocycles. The number of hydrogen-bond acceptors (Lipinski definition) is 2. The number of rotatable bonds is 4. The van der Waals surface area contributed by atoms with Gasteiger partial charge >= 0.3 is 0 Å². The van der Waals surface area contributed by atoms with E-state index in [-0.39, 0.29) is 5.91 Å². The van der Waals surface area contributed by atoms with E-state index in [9.17, 15) is 0 Å². The molecule has 0 aliphatic heterocycles. The lowest BCUT2D eigenvalue weighted by Crippen LogP contribution is -2.31. The first-order chi connectivity index (χ1) is 7.85. The molecule has 2 aromatic carbocycles. The van der Waals surface area contributed by atoms with Crippen molar-refractivity contribution in [2.75, 3.05) is 14.2 Å². The fraction of sp³-hybridized carbons (Fsp3) is 0.231. The Hall–Kier alpha value is -1.16. The van der Waals surface area contributed by atoms with Gasteiger partial charge in [0.15, 0.2) is 9.52 Å². The molecule has 2 radical (unpaired) electrons. The van der Waals surface area contributed by atoms with Crippen LogP contribution in [-0.2, 0) is 9.47 Å². The van der Waals surface area contributed by atoms with Gasteiger partial charge in [0.05, 0.1) is 0 Å². The quantitative estimate of drug-likeness (QED) is 0.588. The maximum absolute atomic E-state index is 5.24. The number of hydrogen-bond donors (Lipinski definition) is 0. The number of methoxy groups -OCH3 is 2. The Morgan fingerprint density at radius 1 is 0.938 bits per heavy atom. The first-order valence-corrected chi connectivity index (χ1v) is 6.23. The molecule has 0 spiro atoms. The van der Waals surface area contributed by atoms with Crippen LogP contribution in [0.4, 0.5) is 0 Å². The Bertz CT molecular complexity index is 461. The van der Waals surface area contributed by atoms with Gasteiger partial charge in [-0.1, -0.05) is 47.7 Å². The SMILES string of the molecule is COC(OC)[Si]c1cccc2ccccc12. The molecule has 16 heavy (non-hydrogen) atoms. The summed E-state index contributed by atoms with van der Waals surface area (Å²) in [7, 11) is 3.85. The third-order valence-electron chi connectivity index (χ3n) is 2.49. The van der Waals surface area contributed by atoms with Gasteiger partial charge in [0.2, 0.25) is 0 Å². The molecular weight excluding hydrogens is 216 g/mol. The van der Waals surface area contributed by atoms with Gasteiger partial charge in [0, 0.05) is 14.2 Å². The zero-order valence-electron chi connectivity index (χ0n) is 9.44.